The van der Waals surface area contributed by atoms with E-state index in [0.717, 1.165) is 5.92 Å². The van der Waals surface area contributed by atoms with Gasteiger partial charge in [-0.1, -0.05) is 57.6 Å². The van der Waals surface area contributed by atoms with E-state index in [1.807, 2.05) is 0 Å². The van der Waals surface area contributed by atoms with Crippen molar-refractivity contribution < 1.29 is 0 Å². The molecule has 1 rings (SSSR count). The smallest absolute Gasteiger partial charge is 0.00360 e. The Morgan fingerprint density at radius 3 is 2.47 bits per heavy atom. The lowest BCUT2D eigenvalue weighted by Gasteiger charge is -2.07. The summed E-state index contributed by atoms with van der Waals surface area (Å²) < 4.78 is 0. The highest BCUT2D eigenvalue weighted by atomic mass is 32.2. The molecule has 0 aliphatic heterocycles. The van der Waals surface area contributed by atoms with E-state index in [4.69, 9.17) is 0 Å². The second kappa shape index (κ2) is 10.1. The van der Waals surface area contributed by atoms with Gasteiger partial charge in [0.15, 0.2) is 0 Å². The minimum atomic E-state index is 0.956. The molecular weight excluding hydrogens is 224 g/mol. The second-order valence-corrected chi connectivity index (χ2v) is 6.70. The molecule has 0 spiro atoms. The lowest BCUT2D eigenvalue weighted by Crippen LogP contribution is -1.97. The molecule has 0 aromatic rings. The third-order valence-electron chi connectivity index (χ3n) is 3.73. The Bertz CT molecular complexity index is 198. The van der Waals surface area contributed by atoms with Crippen LogP contribution in [0.25, 0.3) is 0 Å². The van der Waals surface area contributed by atoms with Crippen LogP contribution in [0.4, 0.5) is 0 Å². The highest BCUT2D eigenvalue weighted by Gasteiger charge is 2.17. The van der Waals surface area contributed by atoms with Crippen LogP contribution in [-0.4, -0.2) is 11.5 Å². The van der Waals surface area contributed by atoms with E-state index in [-0.39, 0.29) is 0 Å². The maximum absolute atomic E-state index is 4.09. The molecule has 1 aliphatic rings. The average molecular weight is 254 g/mol. The normalized spacial score (nSPS) is 20.1. The van der Waals surface area contributed by atoms with Gasteiger partial charge in [0.25, 0.3) is 0 Å². The maximum Gasteiger partial charge on any atom is -0.00360 e. The molecule has 100 valence electrons. The van der Waals surface area contributed by atoms with Crippen molar-refractivity contribution in [3.8, 4) is 0 Å². The van der Waals surface area contributed by atoms with Crippen LogP contribution in [0.15, 0.2) is 12.2 Å². The number of hydrogen-bond acceptors (Lipinski definition) is 1. The van der Waals surface area contributed by atoms with Crippen LogP contribution < -0.4 is 0 Å². The van der Waals surface area contributed by atoms with E-state index in [9.17, 15) is 0 Å². The zero-order valence-electron chi connectivity index (χ0n) is 11.7. The van der Waals surface area contributed by atoms with Gasteiger partial charge >= 0.3 is 0 Å². The Labute approximate surface area is 113 Å². The van der Waals surface area contributed by atoms with Crippen LogP contribution in [0, 0.1) is 5.92 Å². The minimum Gasteiger partial charge on any atom is -0.162 e. The third kappa shape index (κ3) is 7.91. The second-order valence-electron chi connectivity index (χ2n) is 5.56. The molecule has 17 heavy (non-hydrogen) atoms. The molecule has 1 aliphatic carbocycles. The molecule has 1 fully saturated rings. The largest absolute Gasteiger partial charge is 0.162 e. The predicted octanol–water partition coefficient (Wildman–Crippen LogP) is 5.83. The van der Waals surface area contributed by atoms with E-state index in [2.05, 4.69) is 25.3 Å². The van der Waals surface area contributed by atoms with Crippen LogP contribution in [0.3, 0.4) is 0 Å². The summed E-state index contributed by atoms with van der Waals surface area (Å²) in [4.78, 5) is 0. The summed E-state index contributed by atoms with van der Waals surface area (Å²) in [6.07, 6.45) is 14.1. The molecule has 0 aromatic heterocycles. The third-order valence-corrected chi connectivity index (χ3v) is 5.01. The predicted molar refractivity (Wildman–Crippen MR) is 81.8 cm³/mol. The molecule has 0 aromatic carbocycles. The van der Waals surface area contributed by atoms with Crippen molar-refractivity contribution in [2.75, 3.05) is 11.5 Å². The number of rotatable bonds is 10. The lowest BCUT2D eigenvalue weighted by atomic mass is 10.1. The van der Waals surface area contributed by atoms with Gasteiger partial charge in [-0.2, -0.15) is 11.8 Å². The summed E-state index contributed by atoms with van der Waals surface area (Å²) in [5, 5.41) is 0. The maximum atomic E-state index is 4.09. The monoisotopic (exact) mass is 254 g/mol. The van der Waals surface area contributed by atoms with Crippen molar-refractivity contribution in [1.29, 1.82) is 0 Å². The van der Waals surface area contributed by atoms with Gasteiger partial charge < -0.3 is 0 Å². The molecule has 0 heterocycles. The summed E-state index contributed by atoms with van der Waals surface area (Å²) in [6.45, 7) is 6.37. The van der Waals surface area contributed by atoms with Gasteiger partial charge in [-0.3, -0.25) is 0 Å². The van der Waals surface area contributed by atoms with Gasteiger partial charge in [-0.05, 0) is 43.1 Å². The van der Waals surface area contributed by atoms with E-state index in [1.165, 1.54) is 81.3 Å². The Kier molecular flexibility index (Phi) is 8.96. The van der Waals surface area contributed by atoms with Crippen molar-refractivity contribution in [3.05, 3.63) is 12.2 Å². The van der Waals surface area contributed by atoms with Crippen LogP contribution >= 0.6 is 11.8 Å². The number of hydrogen-bond donors (Lipinski definition) is 0. The van der Waals surface area contributed by atoms with Gasteiger partial charge in [0.1, 0.15) is 0 Å². The molecule has 0 nitrogen and oxygen atoms in total. The summed E-state index contributed by atoms with van der Waals surface area (Å²) in [6, 6.07) is 0. The Balaban J connectivity index is 1.77. The molecule has 1 atom stereocenters. The Morgan fingerprint density at radius 2 is 1.82 bits per heavy atom. The molecule has 0 unspecified atom stereocenters. The van der Waals surface area contributed by atoms with Crippen LogP contribution in [0.5, 0.6) is 0 Å². The van der Waals surface area contributed by atoms with E-state index in [0.29, 0.717) is 0 Å². The molecule has 0 bridgehead atoms. The van der Waals surface area contributed by atoms with Gasteiger partial charge in [-0.25, -0.2) is 0 Å². The Morgan fingerprint density at radius 1 is 1.12 bits per heavy atom. The molecular formula is C16H30S. The van der Waals surface area contributed by atoms with E-state index in [1.54, 1.807) is 0 Å². The molecule has 1 saturated carbocycles. The molecule has 0 radical (unpaired) electrons. The van der Waals surface area contributed by atoms with Crippen LogP contribution in [0.2, 0.25) is 0 Å². The van der Waals surface area contributed by atoms with Crippen molar-refractivity contribution >= 4 is 11.8 Å². The van der Waals surface area contributed by atoms with Gasteiger partial charge in [0, 0.05) is 0 Å². The first-order valence-electron chi connectivity index (χ1n) is 7.57. The van der Waals surface area contributed by atoms with Crippen molar-refractivity contribution in [3.63, 3.8) is 0 Å². The summed E-state index contributed by atoms with van der Waals surface area (Å²) in [5.41, 5.74) is 1.49. The lowest BCUT2D eigenvalue weighted by molar-refractivity contribution is 0.602. The van der Waals surface area contributed by atoms with E-state index >= 15 is 0 Å². The minimum absolute atomic E-state index is 0.956. The highest BCUT2D eigenvalue weighted by molar-refractivity contribution is 7.99. The highest BCUT2D eigenvalue weighted by Crippen LogP contribution is 2.31. The number of unbranched alkanes of at least 4 members (excludes halogenated alkanes) is 6. The van der Waals surface area contributed by atoms with Gasteiger partial charge in [0.05, 0.1) is 0 Å². The molecule has 0 saturated heterocycles. The average Bonchev–Trinajstić information content (AvgIpc) is 2.73. The first kappa shape index (κ1) is 15.1. The first-order valence-corrected chi connectivity index (χ1v) is 8.72. The fourth-order valence-electron chi connectivity index (χ4n) is 2.57. The summed E-state index contributed by atoms with van der Waals surface area (Å²) >= 11 is 2.18. The molecule has 0 N–H and O–H groups in total. The van der Waals surface area contributed by atoms with Gasteiger partial charge in [-0.15, -0.1) is 0 Å². The molecule has 0 amide bonds. The summed E-state index contributed by atoms with van der Waals surface area (Å²) in [5.74, 6) is 3.73. The zero-order valence-corrected chi connectivity index (χ0v) is 12.5. The van der Waals surface area contributed by atoms with Crippen LogP contribution in [-0.2, 0) is 0 Å². The van der Waals surface area contributed by atoms with Crippen molar-refractivity contribution in [2.24, 2.45) is 5.92 Å². The van der Waals surface area contributed by atoms with Crippen molar-refractivity contribution in [2.45, 2.75) is 71.1 Å². The standard InChI is InChI=1S/C16H30S/c1-3-4-5-6-7-8-9-12-17-14-16-11-10-15(2)13-16/h16H,2-14H2,1H3/t16-/m1/s1. The molecule has 1 heteroatoms. The first-order chi connectivity index (χ1) is 8.33. The Hall–Kier alpha value is 0.0900. The topological polar surface area (TPSA) is 0 Å². The fourth-order valence-corrected chi connectivity index (χ4v) is 3.77. The fraction of sp³-hybridized carbons (Fsp3) is 0.875. The zero-order chi connectivity index (χ0) is 12.3. The van der Waals surface area contributed by atoms with Gasteiger partial charge in [0.2, 0.25) is 0 Å². The number of allylic oxidation sites excluding steroid dienone is 1. The van der Waals surface area contributed by atoms with Crippen LogP contribution in [0.1, 0.15) is 71.1 Å². The van der Waals surface area contributed by atoms with Crippen molar-refractivity contribution in [1.82, 2.24) is 0 Å². The summed E-state index contributed by atoms with van der Waals surface area (Å²) in [7, 11) is 0. The van der Waals surface area contributed by atoms with E-state index < -0.39 is 0 Å². The quantitative estimate of drug-likeness (QED) is 0.349. The SMILES string of the molecule is C=C1CC[C@@H](CSCCCCCCCCC)C1. The number of thioether (sulfide) groups is 1.